The van der Waals surface area contributed by atoms with E-state index in [2.05, 4.69) is 31.3 Å². The van der Waals surface area contributed by atoms with E-state index in [0.717, 1.165) is 11.3 Å². The van der Waals surface area contributed by atoms with Crippen molar-refractivity contribution in [3.05, 3.63) is 92.7 Å². The van der Waals surface area contributed by atoms with Crippen LogP contribution in [0, 0.1) is 19.7 Å². The first-order valence-corrected chi connectivity index (χ1v) is 9.35. The summed E-state index contributed by atoms with van der Waals surface area (Å²) in [5.41, 5.74) is 4.72. The summed E-state index contributed by atoms with van der Waals surface area (Å²) in [6.45, 7) is 4.71. The fraction of sp³-hybridized carbons (Fsp3) is 0.182. The van der Waals surface area contributed by atoms with Gasteiger partial charge in [0.05, 0.1) is 5.02 Å². The van der Waals surface area contributed by atoms with Gasteiger partial charge in [-0.05, 0) is 55.3 Å². The number of halogens is 3. The van der Waals surface area contributed by atoms with E-state index in [1.54, 1.807) is 30.3 Å². The quantitative estimate of drug-likeness (QED) is 0.481. The Bertz CT molecular complexity index is 959. The molecule has 1 N–H and O–H groups in total. The van der Waals surface area contributed by atoms with Crippen molar-refractivity contribution in [2.24, 2.45) is 0 Å². The fourth-order valence-electron chi connectivity index (χ4n) is 2.72. The van der Waals surface area contributed by atoms with E-state index in [4.69, 9.17) is 27.9 Å². The highest BCUT2D eigenvalue weighted by Gasteiger charge is 2.12. The molecule has 2 nitrogen and oxygen atoms in total. The zero-order valence-corrected chi connectivity index (χ0v) is 16.7. The molecule has 0 saturated carbocycles. The van der Waals surface area contributed by atoms with Gasteiger partial charge in [0, 0.05) is 28.4 Å². The maximum Gasteiger partial charge on any atom is 0.143 e. The van der Waals surface area contributed by atoms with Crippen molar-refractivity contribution in [2.75, 3.05) is 5.32 Å². The first-order chi connectivity index (χ1) is 12.9. The number of hydrogen-bond donors (Lipinski definition) is 1. The molecule has 27 heavy (non-hydrogen) atoms. The monoisotopic (exact) mass is 403 g/mol. The summed E-state index contributed by atoms with van der Waals surface area (Å²) in [6, 6.07) is 16.1. The molecular formula is C22H20Cl2FNO. The first kappa shape index (κ1) is 19.5. The first-order valence-electron chi connectivity index (χ1n) is 8.59. The summed E-state index contributed by atoms with van der Waals surface area (Å²) in [5.74, 6) is 0.193. The summed E-state index contributed by atoms with van der Waals surface area (Å²) in [6.07, 6.45) is 0. The molecule has 5 heteroatoms. The largest absolute Gasteiger partial charge is 0.487 e. The normalized spacial score (nSPS) is 10.7. The molecule has 3 rings (SSSR count). The smallest absolute Gasteiger partial charge is 0.143 e. The minimum atomic E-state index is -0.308. The van der Waals surface area contributed by atoms with Crippen molar-refractivity contribution in [3.63, 3.8) is 0 Å². The van der Waals surface area contributed by atoms with Crippen LogP contribution in [0.15, 0.2) is 54.6 Å². The standard InChI is InChI=1S/C22H20Cl2FNO/c1-14-7-8-19(9-15(14)2)26-12-17-10-18(23)11-20(24)22(17)27-13-16-5-3-4-6-21(16)25/h3-11,26H,12-13H2,1-2H3. The van der Waals surface area contributed by atoms with Crippen LogP contribution in [0.1, 0.15) is 22.3 Å². The Morgan fingerprint density at radius 1 is 0.926 bits per heavy atom. The molecule has 0 spiro atoms. The Kier molecular flexibility index (Phi) is 6.25. The van der Waals surface area contributed by atoms with Gasteiger partial charge in [-0.15, -0.1) is 0 Å². The fourth-order valence-corrected chi connectivity index (χ4v) is 3.31. The van der Waals surface area contributed by atoms with E-state index in [1.165, 1.54) is 17.2 Å². The second-order valence-corrected chi connectivity index (χ2v) is 7.25. The molecule has 0 aliphatic rings. The average Bonchev–Trinajstić information content (AvgIpc) is 2.63. The van der Waals surface area contributed by atoms with Gasteiger partial charge >= 0.3 is 0 Å². The highest BCUT2D eigenvalue weighted by Crippen LogP contribution is 2.34. The Morgan fingerprint density at radius 3 is 2.44 bits per heavy atom. The van der Waals surface area contributed by atoms with Crippen LogP contribution in [-0.4, -0.2) is 0 Å². The zero-order chi connectivity index (χ0) is 19.4. The van der Waals surface area contributed by atoms with Gasteiger partial charge in [0.1, 0.15) is 18.2 Å². The van der Waals surface area contributed by atoms with Crippen LogP contribution in [0.2, 0.25) is 10.0 Å². The zero-order valence-electron chi connectivity index (χ0n) is 15.2. The summed E-state index contributed by atoms with van der Waals surface area (Å²) >= 11 is 12.5. The van der Waals surface area contributed by atoms with E-state index in [9.17, 15) is 4.39 Å². The maximum atomic E-state index is 13.9. The average molecular weight is 404 g/mol. The van der Waals surface area contributed by atoms with E-state index in [0.29, 0.717) is 27.9 Å². The van der Waals surface area contributed by atoms with Crippen molar-refractivity contribution in [1.29, 1.82) is 0 Å². The molecule has 0 saturated heterocycles. The summed E-state index contributed by atoms with van der Waals surface area (Å²) in [5, 5.41) is 4.28. The lowest BCUT2D eigenvalue weighted by Crippen LogP contribution is -2.05. The van der Waals surface area contributed by atoms with Gasteiger partial charge in [0.2, 0.25) is 0 Å². The highest BCUT2D eigenvalue weighted by atomic mass is 35.5. The number of nitrogens with one attached hydrogen (secondary N) is 1. The Balaban J connectivity index is 1.79. The lowest BCUT2D eigenvalue weighted by atomic mass is 10.1. The Hall–Kier alpha value is -2.23. The summed E-state index contributed by atoms with van der Waals surface area (Å²) in [7, 11) is 0. The van der Waals surface area contributed by atoms with Crippen LogP contribution >= 0.6 is 23.2 Å². The van der Waals surface area contributed by atoms with Gasteiger partial charge in [-0.2, -0.15) is 0 Å². The SMILES string of the molecule is Cc1ccc(NCc2cc(Cl)cc(Cl)c2OCc2ccccc2F)cc1C. The number of anilines is 1. The van der Waals surface area contributed by atoms with Crippen LogP contribution in [0.4, 0.5) is 10.1 Å². The van der Waals surface area contributed by atoms with E-state index in [-0.39, 0.29) is 12.4 Å². The molecule has 0 bridgehead atoms. The number of hydrogen-bond acceptors (Lipinski definition) is 2. The number of aryl methyl sites for hydroxylation is 2. The second-order valence-electron chi connectivity index (χ2n) is 6.41. The third-order valence-corrected chi connectivity index (χ3v) is 4.90. The molecule has 3 aromatic rings. The van der Waals surface area contributed by atoms with Gasteiger partial charge in [-0.3, -0.25) is 0 Å². The topological polar surface area (TPSA) is 21.3 Å². The van der Waals surface area contributed by atoms with Crippen LogP contribution in [0.3, 0.4) is 0 Å². The van der Waals surface area contributed by atoms with Gasteiger partial charge in [0.15, 0.2) is 0 Å². The predicted octanol–water partition coefficient (Wildman–Crippen LogP) is 6.94. The lowest BCUT2D eigenvalue weighted by molar-refractivity contribution is 0.297. The van der Waals surface area contributed by atoms with Gasteiger partial charge < -0.3 is 10.1 Å². The third-order valence-electron chi connectivity index (χ3n) is 4.41. The molecule has 0 radical (unpaired) electrons. The van der Waals surface area contributed by atoms with Crippen molar-refractivity contribution in [2.45, 2.75) is 27.0 Å². The molecule has 3 aromatic carbocycles. The molecular weight excluding hydrogens is 384 g/mol. The van der Waals surface area contributed by atoms with Crippen molar-refractivity contribution in [3.8, 4) is 5.75 Å². The predicted molar refractivity (Wildman–Crippen MR) is 110 cm³/mol. The molecule has 0 unspecified atom stereocenters. The minimum Gasteiger partial charge on any atom is -0.487 e. The molecule has 140 valence electrons. The van der Waals surface area contributed by atoms with Crippen molar-refractivity contribution < 1.29 is 9.13 Å². The minimum absolute atomic E-state index is 0.0880. The molecule has 0 atom stereocenters. The van der Waals surface area contributed by atoms with Crippen molar-refractivity contribution >= 4 is 28.9 Å². The van der Waals surface area contributed by atoms with Gasteiger partial charge in [-0.25, -0.2) is 4.39 Å². The molecule has 0 heterocycles. The summed E-state index contributed by atoms with van der Waals surface area (Å²) in [4.78, 5) is 0. The van der Waals surface area contributed by atoms with Crippen LogP contribution in [0.25, 0.3) is 0 Å². The number of rotatable bonds is 6. The third kappa shape index (κ3) is 4.94. The van der Waals surface area contributed by atoms with E-state index in [1.807, 2.05) is 6.07 Å². The second kappa shape index (κ2) is 8.64. The Labute approximate surface area is 168 Å². The molecule has 0 aromatic heterocycles. The number of benzene rings is 3. The molecule has 0 amide bonds. The van der Waals surface area contributed by atoms with Crippen LogP contribution < -0.4 is 10.1 Å². The van der Waals surface area contributed by atoms with Crippen LogP contribution in [0.5, 0.6) is 5.75 Å². The molecule has 0 fully saturated rings. The van der Waals surface area contributed by atoms with Crippen molar-refractivity contribution in [1.82, 2.24) is 0 Å². The van der Waals surface area contributed by atoms with E-state index >= 15 is 0 Å². The van der Waals surface area contributed by atoms with Gasteiger partial charge in [0.25, 0.3) is 0 Å². The molecule has 0 aliphatic carbocycles. The highest BCUT2D eigenvalue weighted by molar-refractivity contribution is 6.35. The van der Waals surface area contributed by atoms with Gasteiger partial charge in [-0.1, -0.05) is 47.5 Å². The maximum absolute atomic E-state index is 13.9. The van der Waals surface area contributed by atoms with Crippen LogP contribution in [-0.2, 0) is 13.2 Å². The number of ether oxygens (including phenoxy) is 1. The summed E-state index contributed by atoms with van der Waals surface area (Å²) < 4.78 is 19.7. The molecule has 0 aliphatic heterocycles. The lowest BCUT2D eigenvalue weighted by Gasteiger charge is -2.16. The Morgan fingerprint density at radius 2 is 1.70 bits per heavy atom. The van der Waals surface area contributed by atoms with E-state index < -0.39 is 0 Å².